The molecular formula is C29H25N5O5. The summed E-state index contributed by atoms with van der Waals surface area (Å²) in [5.74, 6) is -1.90. The molecule has 0 aliphatic carbocycles. The number of aryl methyl sites for hydroxylation is 3. The summed E-state index contributed by atoms with van der Waals surface area (Å²) < 4.78 is 6.93. The van der Waals surface area contributed by atoms with Crippen LogP contribution in [-0.2, 0) is 0 Å². The molecule has 39 heavy (non-hydrogen) atoms. The van der Waals surface area contributed by atoms with Gasteiger partial charge >= 0.3 is 12.0 Å². The Hall–Kier alpha value is -5.25. The topological polar surface area (TPSA) is 141 Å². The van der Waals surface area contributed by atoms with Crippen LogP contribution in [0.4, 0.5) is 10.5 Å². The lowest BCUT2D eigenvalue weighted by molar-refractivity contribution is 0.0736. The number of carbonyl (C=O) groups excluding carboxylic acids is 3. The molecule has 3 N–H and O–H groups in total. The number of esters is 1. The zero-order chi connectivity index (χ0) is 28.0. The largest absolute Gasteiger partial charge is 0.506 e. The minimum absolute atomic E-state index is 0.0387. The van der Waals surface area contributed by atoms with Gasteiger partial charge in [0.1, 0.15) is 17.0 Å². The summed E-state index contributed by atoms with van der Waals surface area (Å²) in [5, 5.41) is 19.4. The van der Waals surface area contributed by atoms with Crippen LogP contribution < -0.4 is 15.4 Å². The van der Waals surface area contributed by atoms with Gasteiger partial charge in [-0.3, -0.25) is 9.69 Å². The third-order valence-electron chi connectivity index (χ3n) is 6.71. The maximum Gasteiger partial charge on any atom is 0.350 e. The molecule has 0 saturated heterocycles. The number of hydrogen-bond donors (Lipinski definition) is 2. The van der Waals surface area contributed by atoms with Crippen LogP contribution in [0, 0.1) is 20.8 Å². The first kappa shape index (κ1) is 25.4. The molecule has 1 aromatic heterocycles. The van der Waals surface area contributed by atoms with E-state index >= 15 is 0 Å². The van der Waals surface area contributed by atoms with Crippen LogP contribution in [0.15, 0.2) is 60.7 Å². The number of aromatic nitrogens is 3. The minimum Gasteiger partial charge on any atom is -0.506 e. The summed E-state index contributed by atoms with van der Waals surface area (Å²) >= 11 is 0. The second-order valence-electron chi connectivity index (χ2n) is 9.36. The van der Waals surface area contributed by atoms with Gasteiger partial charge in [0, 0.05) is 17.8 Å². The Morgan fingerprint density at radius 3 is 2.33 bits per heavy atom. The fourth-order valence-electron chi connectivity index (χ4n) is 4.42. The molecule has 5 rings (SSSR count). The molecule has 196 valence electrons. The summed E-state index contributed by atoms with van der Waals surface area (Å²) in [7, 11) is 1.53. The zero-order valence-electron chi connectivity index (χ0n) is 21.7. The van der Waals surface area contributed by atoms with Gasteiger partial charge in [-0.05, 0) is 62.2 Å². The molecule has 0 atom stereocenters. The SMILES string of the molecule is Cc1ccc(N(C)C(=O)n2nnc3cc(C)c(C)cc32)c(C(=O)Oc2cc(C(N)=O)c(O)c3ccccc23)c1. The Morgan fingerprint density at radius 2 is 1.62 bits per heavy atom. The second kappa shape index (κ2) is 9.56. The van der Waals surface area contributed by atoms with E-state index < -0.39 is 17.9 Å². The van der Waals surface area contributed by atoms with Crippen molar-refractivity contribution in [1.29, 1.82) is 0 Å². The van der Waals surface area contributed by atoms with Gasteiger partial charge in [0.2, 0.25) is 0 Å². The van der Waals surface area contributed by atoms with Crippen molar-refractivity contribution in [3.8, 4) is 11.5 Å². The molecule has 4 aromatic carbocycles. The third kappa shape index (κ3) is 4.42. The van der Waals surface area contributed by atoms with Gasteiger partial charge in [-0.1, -0.05) is 41.1 Å². The highest BCUT2D eigenvalue weighted by atomic mass is 16.5. The van der Waals surface area contributed by atoms with E-state index in [1.54, 1.807) is 49.4 Å². The zero-order valence-corrected chi connectivity index (χ0v) is 21.7. The number of aromatic hydroxyl groups is 1. The molecule has 0 bridgehead atoms. The standard InChI is InChI=1S/C29H25N5O5/c1-15-9-10-23(33(4)29(38)34-24-13-17(3)16(2)12-22(24)31-32-34)20(11-15)28(37)39-25-14-21(27(30)36)26(35)19-8-6-5-7-18(19)25/h5-14,35H,1-4H3,(H2,30,36). The summed E-state index contributed by atoms with van der Waals surface area (Å²) in [5.41, 5.74) is 9.54. The quantitative estimate of drug-likeness (QED) is 0.258. The number of nitrogens with two attached hydrogens (primary N) is 1. The van der Waals surface area contributed by atoms with Gasteiger partial charge in [-0.25, -0.2) is 9.59 Å². The molecule has 2 amide bonds. The Balaban J connectivity index is 1.55. The van der Waals surface area contributed by atoms with Crippen molar-refractivity contribution in [3.63, 3.8) is 0 Å². The van der Waals surface area contributed by atoms with Crippen LogP contribution in [0.3, 0.4) is 0 Å². The second-order valence-corrected chi connectivity index (χ2v) is 9.36. The van der Waals surface area contributed by atoms with Crippen molar-refractivity contribution in [2.45, 2.75) is 20.8 Å². The number of ether oxygens (including phenoxy) is 1. The molecule has 0 spiro atoms. The van der Waals surface area contributed by atoms with Crippen molar-refractivity contribution in [3.05, 3.63) is 88.5 Å². The van der Waals surface area contributed by atoms with E-state index in [1.165, 1.54) is 22.7 Å². The maximum absolute atomic E-state index is 13.5. The molecule has 0 fully saturated rings. The van der Waals surface area contributed by atoms with E-state index in [-0.39, 0.29) is 28.3 Å². The number of hydrogen-bond acceptors (Lipinski definition) is 7. The van der Waals surface area contributed by atoms with E-state index in [1.807, 2.05) is 26.0 Å². The first-order valence-corrected chi connectivity index (χ1v) is 12.0. The average molecular weight is 524 g/mol. The lowest BCUT2D eigenvalue weighted by atomic mass is 10.0. The monoisotopic (exact) mass is 523 g/mol. The first-order chi connectivity index (χ1) is 18.6. The number of amides is 2. The van der Waals surface area contributed by atoms with Gasteiger partial charge in [0.15, 0.2) is 0 Å². The van der Waals surface area contributed by atoms with Crippen LogP contribution in [-0.4, -0.2) is 45.1 Å². The van der Waals surface area contributed by atoms with E-state index in [4.69, 9.17) is 10.5 Å². The minimum atomic E-state index is -0.873. The van der Waals surface area contributed by atoms with Crippen LogP contribution in [0.25, 0.3) is 21.8 Å². The van der Waals surface area contributed by atoms with E-state index in [2.05, 4.69) is 10.3 Å². The van der Waals surface area contributed by atoms with Crippen LogP contribution in [0.5, 0.6) is 11.5 Å². The number of nitrogens with zero attached hydrogens (tertiary/aromatic N) is 4. The van der Waals surface area contributed by atoms with E-state index in [0.29, 0.717) is 21.8 Å². The highest BCUT2D eigenvalue weighted by molar-refractivity contribution is 6.08. The van der Waals surface area contributed by atoms with Gasteiger partial charge in [-0.2, -0.15) is 4.68 Å². The van der Waals surface area contributed by atoms with E-state index in [0.717, 1.165) is 16.7 Å². The molecular weight excluding hydrogens is 498 g/mol. The maximum atomic E-state index is 13.5. The van der Waals surface area contributed by atoms with Crippen molar-refractivity contribution in [1.82, 2.24) is 15.0 Å². The van der Waals surface area contributed by atoms with Gasteiger partial charge < -0.3 is 15.6 Å². The number of benzene rings is 4. The normalized spacial score (nSPS) is 11.1. The molecule has 0 aliphatic rings. The number of rotatable bonds is 4. The Morgan fingerprint density at radius 1 is 0.923 bits per heavy atom. The van der Waals surface area contributed by atoms with Crippen molar-refractivity contribution < 1.29 is 24.2 Å². The summed E-state index contributed by atoms with van der Waals surface area (Å²) in [6.07, 6.45) is 0. The van der Waals surface area contributed by atoms with E-state index in [9.17, 15) is 19.5 Å². The average Bonchev–Trinajstić information content (AvgIpc) is 3.31. The number of fused-ring (bicyclic) bond motifs is 2. The van der Waals surface area contributed by atoms with Crippen LogP contribution in [0.2, 0.25) is 0 Å². The van der Waals surface area contributed by atoms with Crippen LogP contribution in [0.1, 0.15) is 37.4 Å². The molecule has 0 aliphatic heterocycles. The van der Waals surface area contributed by atoms with Crippen molar-refractivity contribution in [2.75, 3.05) is 11.9 Å². The summed E-state index contributed by atoms with van der Waals surface area (Å²) in [6, 6.07) is 16.0. The van der Waals surface area contributed by atoms with Gasteiger partial charge in [0.25, 0.3) is 5.91 Å². The predicted molar refractivity (Wildman–Crippen MR) is 146 cm³/mol. The molecule has 10 heteroatoms. The number of primary amides is 1. The fourth-order valence-corrected chi connectivity index (χ4v) is 4.42. The number of phenols is 1. The summed E-state index contributed by atoms with van der Waals surface area (Å²) in [6.45, 7) is 5.69. The van der Waals surface area contributed by atoms with Gasteiger partial charge in [-0.15, -0.1) is 5.10 Å². The fraction of sp³-hybridized carbons (Fsp3) is 0.138. The third-order valence-corrected chi connectivity index (χ3v) is 6.71. The van der Waals surface area contributed by atoms with Crippen molar-refractivity contribution in [2.24, 2.45) is 5.73 Å². The number of carbonyl (C=O) groups is 3. The molecule has 0 unspecified atom stereocenters. The molecule has 0 radical (unpaired) electrons. The highest BCUT2D eigenvalue weighted by Gasteiger charge is 2.25. The lowest BCUT2D eigenvalue weighted by Gasteiger charge is -2.20. The summed E-state index contributed by atoms with van der Waals surface area (Å²) in [4.78, 5) is 40.3. The Bertz CT molecular complexity index is 1820. The highest BCUT2D eigenvalue weighted by Crippen LogP contribution is 2.36. The molecule has 5 aromatic rings. The van der Waals surface area contributed by atoms with Crippen molar-refractivity contribution >= 4 is 45.4 Å². The molecule has 1 heterocycles. The molecule has 10 nitrogen and oxygen atoms in total. The van der Waals surface area contributed by atoms with Crippen LogP contribution >= 0.6 is 0 Å². The first-order valence-electron chi connectivity index (χ1n) is 12.0. The predicted octanol–water partition coefficient (Wildman–Crippen LogP) is 4.64. The Labute approximate surface area is 223 Å². The Kier molecular flexibility index (Phi) is 6.23. The lowest BCUT2D eigenvalue weighted by Crippen LogP contribution is -2.33. The number of anilines is 1. The molecule has 0 saturated carbocycles. The smallest absolute Gasteiger partial charge is 0.350 e. The van der Waals surface area contributed by atoms with Gasteiger partial charge in [0.05, 0.1) is 22.3 Å².